The summed E-state index contributed by atoms with van der Waals surface area (Å²) >= 11 is 1.87. The van der Waals surface area contributed by atoms with Crippen molar-refractivity contribution >= 4 is 39.9 Å². The fourth-order valence-electron chi connectivity index (χ4n) is 9.92. The van der Waals surface area contributed by atoms with Gasteiger partial charge < -0.3 is 4.90 Å². The van der Waals surface area contributed by atoms with Gasteiger partial charge in [-0.25, -0.2) is 4.98 Å². The highest BCUT2D eigenvalue weighted by molar-refractivity contribution is 8.00. The molecule has 4 heteroatoms. The Morgan fingerprint density at radius 1 is 0.418 bits per heavy atom. The Kier molecular flexibility index (Phi) is 6.41. The number of hydrogen-bond acceptors (Lipinski definition) is 3. The van der Waals surface area contributed by atoms with Gasteiger partial charge in [0.05, 0.1) is 33.5 Å². The van der Waals surface area contributed by atoms with E-state index in [-0.39, 0.29) is 0 Å². The normalized spacial score (nSPS) is 15.1. The zero-order valence-electron chi connectivity index (χ0n) is 29.8. The number of anilines is 3. The summed E-state index contributed by atoms with van der Waals surface area (Å²) < 4.78 is 1.88. The van der Waals surface area contributed by atoms with Crippen LogP contribution in [0.2, 0.25) is 0 Å². The number of hydrogen-bond donors (Lipinski definition) is 0. The Morgan fingerprint density at radius 3 is 1.55 bits per heavy atom. The molecule has 0 N–H and O–H groups in total. The molecule has 8 aromatic carbocycles. The largest absolute Gasteiger partial charge is 0.310 e. The van der Waals surface area contributed by atoms with Crippen LogP contribution in [-0.4, -0.2) is 9.55 Å². The van der Waals surface area contributed by atoms with E-state index in [1.807, 2.05) is 11.8 Å². The molecule has 0 bridgehead atoms. The minimum absolute atomic E-state index is 0.497. The van der Waals surface area contributed by atoms with E-state index in [0.717, 1.165) is 21.9 Å². The number of para-hydroxylation sites is 4. The van der Waals surface area contributed by atoms with Crippen molar-refractivity contribution in [2.45, 2.75) is 15.3 Å². The maximum atomic E-state index is 5.28. The summed E-state index contributed by atoms with van der Waals surface area (Å²) in [4.78, 5) is 7.78. The van der Waals surface area contributed by atoms with E-state index >= 15 is 0 Å². The zero-order chi connectivity index (χ0) is 36.1. The molecule has 0 saturated heterocycles. The van der Waals surface area contributed by atoms with Crippen LogP contribution in [0.3, 0.4) is 0 Å². The van der Waals surface area contributed by atoms with Crippen LogP contribution in [0.4, 0.5) is 17.1 Å². The van der Waals surface area contributed by atoms with Gasteiger partial charge in [0.2, 0.25) is 0 Å². The first kappa shape index (κ1) is 30.8. The third-order valence-electron chi connectivity index (χ3n) is 12.0. The fraction of sp³-hybridized carbons (Fsp3) is 0.0392. The first-order chi connectivity index (χ1) is 27.3. The average Bonchev–Trinajstić information content (AvgIpc) is 3.77. The summed E-state index contributed by atoms with van der Waals surface area (Å²) in [5, 5.41) is 1.01. The Balaban J connectivity index is 1.17. The smallest absolute Gasteiger partial charge is 0.175 e. The molecule has 1 aliphatic carbocycles. The maximum Gasteiger partial charge on any atom is 0.175 e. The first-order valence-corrected chi connectivity index (χ1v) is 19.7. The fourth-order valence-corrected chi connectivity index (χ4v) is 11.5. The summed E-state index contributed by atoms with van der Waals surface area (Å²) in [6.45, 7) is 0. The van der Waals surface area contributed by atoms with E-state index in [1.165, 1.54) is 67.1 Å². The first-order valence-electron chi connectivity index (χ1n) is 18.9. The molecule has 1 spiro atoms. The predicted molar refractivity (Wildman–Crippen MR) is 225 cm³/mol. The molecule has 3 aliphatic rings. The summed E-state index contributed by atoms with van der Waals surface area (Å²) in [5.74, 6) is 0. The summed E-state index contributed by atoms with van der Waals surface area (Å²) in [7, 11) is 0. The van der Waals surface area contributed by atoms with Gasteiger partial charge in [-0.1, -0.05) is 169 Å². The van der Waals surface area contributed by atoms with Gasteiger partial charge in [0.15, 0.2) is 5.16 Å². The number of thioether (sulfide) groups is 1. The van der Waals surface area contributed by atoms with Gasteiger partial charge in [0, 0.05) is 11.3 Å². The maximum absolute atomic E-state index is 5.28. The Labute approximate surface area is 324 Å². The molecule has 2 aliphatic heterocycles. The van der Waals surface area contributed by atoms with Gasteiger partial charge in [-0.15, -0.1) is 0 Å². The average molecular weight is 720 g/mol. The van der Waals surface area contributed by atoms with Crippen LogP contribution in [0, 0.1) is 0 Å². The van der Waals surface area contributed by atoms with Crippen LogP contribution in [-0.2, 0) is 10.2 Å². The quantitative estimate of drug-likeness (QED) is 0.181. The van der Waals surface area contributed by atoms with Crippen molar-refractivity contribution in [1.29, 1.82) is 0 Å². The van der Waals surface area contributed by atoms with E-state index in [9.17, 15) is 0 Å². The standard InChI is InChI=1S/C51H33N3S/c1-3-17-34(18-4-1)50(35-19-5-2-6-20-35)41-25-11-14-28-45(41)53(46-29-15-12-26-42(46)50)36-31-32-47-43(33-36)51(55-49-52-44-27-13-16-30-48(44)54(47)49)39-23-9-7-21-37(39)38-22-8-10-24-40(38)51/h1-33H. The van der Waals surface area contributed by atoms with Crippen molar-refractivity contribution in [3.63, 3.8) is 0 Å². The zero-order valence-corrected chi connectivity index (χ0v) is 30.6. The predicted octanol–water partition coefficient (Wildman–Crippen LogP) is 12.6. The lowest BCUT2D eigenvalue weighted by Crippen LogP contribution is -2.37. The van der Waals surface area contributed by atoms with Crippen molar-refractivity contribution in [3.05, 3.63) is 239 Å². The molecule has 0 radical (unpaired) electrons. The summed E-state index contributed by atoms with van der Waals surface area (Å²) in [6, 6.07) is 73.7. The summed E-state index contributed by atoms with van der Waals surface area (Å²) in [6.07, 6.45) is 0. The molecule has 258 valence electrons. The van der Waals surface area contributed by atoms with Crippen LogP contribution in [0.15, 0.2) is 205 Å². The second-order valence-corrected chi connectivity index (χ2v) is 15.8. The molecule has 12 rings (SSSR count). The molecule has 0 saturated carbocycles. The van der Waals surface area contributed by atoms with Gasteiger partial charge in [-0.05, 0) is 87.0 Å². The highest BCUT2D eigenvalue weighted by Gasteiger charge is 2.51. The molecule has 0 atom stereocenters. The monoisotopic (exact) mass is 719 g/mol. The second-order valence-electron chi connectivity index (χ2n) is 14.6. The van der Waals surface area contributed by atoms with E-state index in [0.29, 0.717) is 0 Å². The topological polar surface area (TPSA) is 21.1 Å². The minimum atomic E-state index is -0.522. The number of benzene rings is 8. The van der Waals surface area contributed by atoms with Crippen molar-refractivity contribution in [2.75, 3.05) is 4.90 Å². The lowest BCUT2D eigenvalue weighted by atomic mass is 9.62. The van der Waals surface area contributed by atoms with Gasteiger partial charge in [0.1, 0.15) is 4.75 Å². The molecule has 0 fully saturated rings. The second kappa shape index (κ2) is 11.4. The SMILES string of the molecule is c1ccc(C2(c3ccccc3)c3ccccc3N(c3ccc4c(c3)C3(Sc5nc6ccccc6n5-4)c4ccccc4-c4ccccc43)c3ccccc32)cc1. The van der Waals surface area contributed by atoms with E-state index in [1.54, 1.807) is 0 Å². The lowest BCUT2D eigenvalue weighted by Gasteiger charge is -2.47. The highest BCUT2D eigenvalue weighted by Crippen LogP contribution is 2.65. The van der Waals surface area contributed by atoms with Crippen LogP contribution in [0.5, 0.6) is 0 Å². The third-order valence-corrected chi connectivity index (χ3v) is 13.5. The van der Waals surface area contributed by atoms with E-state index < -0.39 is 10.2 Å². The van der Waals surface area contributed by atoms with Gasteiger partial charge in [0.25, 0.3) is 0 Å². The molecular formula is C51H33N3S. The van der Waals surface area contributed by atoms with Crippen LogP contribution < -0.4 is 4.90 Å². The summed E-state index contributed by atoms with van der Waals surface area (Å²) in [5.41, 5.74) is 17.7. The van der Waals surface area contributed by atoms with E-state index in [4.69, 9.17) is 4.98 Å². The molecule has 1 aromatic heterocycles. The molecule has 3 heterocycles. The lowest BCUT2D eigenvalue weighted by molar-refractivity contribution is 0.731. The molecule has 3 nitrogen and oxygen atoms in total. The van der Waals surface area contributed by atoms with Gasteiger partial charge >= 0.3 is 0 Å². The Morgan fingerprint density at radius 2 is 0.927 bits per heavy atom. The molecule has 0 unspecified atom stereocenters. The number of aromatic nitrogens is 2. The number of fused-ring (bicyclic) bond motifs is 13. The van der Waals surface area contributed by atoms with Gasteiger partial charge in [-0.3, -0.25) is 4.57 Å². The van der Waals surface area contributed by atoms with Crippen LogP contribution >= 0.6 is 11.8 Å². The van der Waals surface area contributed by atoms with Crippen LogP contribution in [0.25, 0.3) is 27.8 Å². The van der Waals surface area contributed by atoms with E-state index in [2.05, 4.69) is 210 Å². The van der Waals surface area contributed by atoms with Crippen molar-refractivity contribution < 1.29 is 0 Å². The number of rotatable bonds is 3. The van der Waals surface area contributed by atoms with Crippen LogP contribution in [0.1, 0.15) is 38.9 Å². The van der Waals surface area contributed by atoms with Crippen molar-refractivity contribution in [3.8, 4) is 16.8 Å². The minimum Gasteiger partial charge on any atom is -0.310 e. The Bertz CT molecular complexity index is 2850. The molecular weight excluding hydrogens is 687 g/mol. The van der Waals surface area contributed by atoms with Crippen molar-refractivity contribution in [2.24, 2.45) is 0 Å². The Hall–Kier alpha value is -6.62. The number of nitrogens with zero attached hydrogens (tertiary/aromatic N) is 3. The third kappa shape index (κ3) is 3.99. The molecule has 0 amide bonds. The molecule has 55 heavy (non-hydrogen) atoms. The molecule has 9 aromatic rings. The highest BCUT2D eigenvalue weighted by atomic mass is 32.2. The number of imidazole rings is 1. The van der Waals surface area contributed by atoms with Gasteiger partial charge in [-0.2, -0.15) is 0 Å². The van der Waals surface area contributed by atoms with Crippen molar-refractivity contribution in [1.82, 2.24) is 9.55 Å².